The number of aryl methyl sites for hydroxylation is 3. The van der Waals surface area contributed by atoms with Gasteiger partial charge in [0.25, 0.3) is 5.91 Å². The summed E-state index contributed by atoms with van der Waals surface area (Å²) in [5.41, 5.74) is 1.30. The number of aromatic nitrogens is 4. The summed E-state index contributed by atoms with van der Waals surface area (Å²) in [5.74, 6) is 0.718. The van der Waals surface area contributed by atoms with Gasteiger partial charge in [0, 0.05) is 14.0 Å². The van der Waals surface area contributed by atoms with Gasteiger partial charge in [-0.2, -0.15) is 10.1 Å². The molecule has 0 saturated heterocycles. The van der Waals surface area contributed by atoms with Crippen LogP contribution in [-0.4, -0.2) is 25.8 Å². The summed E-state index contributed by atoms with van der Waals surface area (Å²) in [4.78, 5) is 16.1. The van der Waals surface area contributed by atoms with Gasteiger partial charge in [-0.25, -0.2) is 0 Å². The molecule has 1 N–H and O–H groups in total. The van der Waals surface area contributed by atoms with Crippen LogP contribution < -0.4 is 5.32 Å². The number of carbonyl (C=O) groups is 1. The second kappa shape index (κ2) is 4.59. The molecule has 18 heavy (non-hydrogen) atoms. The summed E-state index contributed by atoms with van der Waals surface area (Å²) in [7, 11) is 1.73. The van der Waals surface area contributed by atoms with Crippen molar-refractivity contribution in [1.82, 2.24) is 25.2 Å². The largest absolute Gasteiger partial charge is 0.341 e. The fraction of sp³-hybridized carbons (Fsp3) is 0.455. The Morgan fingerprint density at radius 3 is 2.72 bits per heavy atom. The molecule has 2 aromatic rings. The molecule has 7 heteroatoms. The minimum absolute atomic E-state index is 0.215. The van der Waals surface area contributed by atoms with Crippen molar-refractivity contribution in [2.24, 2.45) is 7.05 Å². The predicted molar refractivity (Wildman–Crippen MR) is 62.9 cm³/mol. The van der Waals surface area contributed by atoms with E-state index in [2.05, 4.69) is 20.6 Å². The Hall–Kier alpha value is -2.18. The van der Waals surface area contributed by atoms with Crippen LogP contribution in [0.2, 0.25) is 0 Å². The topological polar surface area (TPSA) is 85.8 Å². The van der Waals surface area contributed by atoms with Gasteiger partial charge in [0.1, 0.15) is 5.69 Å². The Balaban J connectivity index is 2.10. The molecule has 96 valence electrons. The van der Waals surface area contributed by atoms with Gasteiger partial charge in [-0.1, -0.05) is 5.16 Å². The first-order valence-electron chi connectivity index (χ1n) is 5.59. The van der Waals surface area contributed by atoms with Gasteiger partial charge in [0.15, 0.2) is 5.82 Å². The van der Waals surface area contributed by atoms with Crippen molar-refractivity contribution in [3.8, 4) is 0 Å². The number of rotatable bonds is 3. The molecule has 0 aromatic carbocycles. The maximum Gasteiger partial charge on any atom is 0.270 e. The molecule has 1 amide bonds. The Morgan fingerprint density at radius 2 is 2.22 bits per heavy atom. The van der Waals surface area contributed by atoms with Crippen LogP contribution in [0, 0.1) is 13.8 Å². The lowest BCUT2D eigenvalue weighted by Crippen LogP contribution is -2.29. The molecule has 0 fully saturated rings. The minimum Gasteiger partial charge on any atom is -0.341 e. The van der Waals surface area contributed by atoms with Gasteiger partial charge in [0.05, 0.1) is 11.7 Å². The minimum atomic E-state index is -0.315. The van der Waals surface area contributed by atoms with E-state index >= 15 is 0 Å². The van der Waals surface area contributed by atoms with Crippen molar-refractivity contribution in [1.29, 1.82) is 0 Å². The van der Waals surface area contributed by atoms with Gasteiger partial charge in [-0.3, -0.25) is 9.48 Å². The summed E-state index contributed by atoms with van der Waals surface area (Å²) in [5, 5.41) is 10.7. The molecule has 0 aliphatic heterocycles. The Morgan fingerprint density at radius 1 is 1.50 bits per heavy atom. The molecule has 0 spiro atoms. The first-order chi connectivity index (χ1) is 8.47. The molecular formula is C11H15N5O2. The van der Waals surface area contributed by atoms with E-state index in [1.165, 1.54) is 0 Å². The summed E-state index contributed by atoms with van der Waals surface area (Å²) in [6.07, 6.45) is 0. The Bertz CT molecular complexity index is 572. The second-order valence-electron chi connectivity index (χ2n) is 4.16. The van der Waals surface area contributed by atoms with Crippen LogP contribution in [0.15, 0.2) is 10.6 Å². The van der Waals surface area contributed by atoms with Crippen molar-refractivity contribution in [3.63, 3.8) is 0 Å². The third-order valence-electron chi connectivity index (χ3n) is 2.51. The van der Waals surface area contributed by atoms with Gasteiger partial charge in [0.2, 0.25) is 5.89 Å². The molecule has 2 aromatic heterocycles. The SMILES string of the molecule is Cc1cc(C(=O)NC(C)c2noc(C)n2)n(C)n1. The van der Waals surface area contributed by atoms with Crippen LogP contribution in [0.3, 0.4) is 0 Å². The first-order valence-corrected chi connectivity index (χ1v) is 5.59. The molecule has 2 heterocycles. The number of amides is 1. The highest BCUT2D eigenvalue weighted by molar-refractivity contribution is 5.92. The molecule has 1 atom stereocenters. The van der Waals surface area contributed by atoms with Crippen LogP contribution in [0.1, 0.15) is 40.9 Å². The monoisotopic (exact) mass is 249 g/mol. The van der Waals surface area contributed by atoms with Crippen molar-refractivity contribution in [2.45, 2.75) is 26.8 Å². The summed E-state index contributed by atoms with van der Waals surface area (Å²) < 4.78 is 6.41. The number of nitrogens with zero attached hydrogens (tertiary/aromatic N) is 4. The lowest BCUT2D eigenvalue weighted by Gasteiger charge is -2.09. The summed E-state index contributed by atoms with van der Waals surface area (Å²) in [6, 6.07) is 1.41. The third-order valence-corrected chi connectivity index (χ3v) is 2.51. The first kappa shape index (κ1) is 12.3. The predicted octanol–water partition coefficient (Wildman–Crippen LogP) is 0.911. The van der Waals surface area contributed by atoms with Crippen LogP contribution >= 0.6 is 0 Å². The van der Waals surface area contributed by atoms with E-state index in [9.17, 15) is 4.79 Å². The zero-order valence-electron chi connectivity index (χ0n) is 10.8. The fourth-order valence-corrected chi connectivity index (χ4v) is 1.65. The maximum absolute atomic E-state index is 12.0. The quantitative estimate of drug-likeness (QED) is 0.873. The van der Waals surface area contributed by atoms with Crippen molar-refractivity contribution in [3.05, 3.63) is 29.2 Å². The highest BCUT2D eigenvalue weighted by Crippen LogP contribution is 2.09. The van der Waals surface area contributed by atoms with Gasteiger partial charge in [-0.15, -0.1) is 0 Å². The van der Waals surface area contributed by atoms with E-state index < -0.39 is 0 Å². The highest BCUT2D eigenvalue weighted by Gasteiger charge is 2.18. The summed E-state index contributed by atoms with van der Waals surface area (Å²) in [6.45, 7) is 5.34. The van der Waals surface area contributed by atoms with Gasteiger partial charge >= 0.3 is 0 Å². The number of hydrogen-bond acceptors (Lipinski definition) is 5. The van der Waals surface area contributed by atoms with Crippen LogP contribution in [0.25, 0.3) is 0 Å². The van der Waals surface area contributed by atoms with E-state index in [-0.39, 0.29) is 11.9 Å². The molecule has 1 unspecified atom stereocenters. The standard InChI is InChI=1S/C11H15N5O2/c1-6-5-9(16(4)14-6)11(17)12-7(2)10-13-8(3)18-15-10/h5,7H,1-4H3,(H,12,17). The van der Waals surface area contributed by atoms with Crippen molar-refractivity contribution >= 4 is 5.91 Å². The smallest absolute Gasteiger partial charge is 0.270 e. The van der Waals surface area contributed by atoms with E-state index in [4.69, 9.17) is 4.52 Å². The average Bonchev–Trinajstić information content (AvgIpc) is 2.84. The highest BCUT2D eigenvalue weighted by atomic mass is 16.5. The van der Waals surface area contributed by atoms with Crippen LogP contribution in [0.5, 0.6) is 0 Å². The number of carbonyl (C=O) groups excluding carboxylic acids is 1. The third kappa shape index (κ3) is 2.39. The van der Waals surface area contributed by atoms with Crippen molar-refractivity contribution < 1.29 is 9.32 Å². The summed E-state index contributed by atoms with van der Waals surface area (Å²) >= 11 is 0. The molecule has 0 radical (unpaired) electrons. The van der Waals surface area contributed by atoms with E-state index in [1.807, 2.05) is 6.92 Å². The average molecular weight is 249 g/mol. The van der Waals surface area contributed by atoms with E-state index in [0.717, 1.165) is 5.69 Å². The zero-order chi connectivity index (χ0) is 13.3. The molecule has 0 saturated carbocycles. The maximum atomic E-state index is 12.0. The lowest BCUT2D eigenvalue weighted by molar-refractivity contribution is 0.0928. The molecule has 0 bridgehead atoms. The normalized spacial score (nSPS) is 12.4. The molecular weight excluding hydrogens is 234 g/mol. The van der Waals surface area contributed by atoms with Gasteiger partial charge in [-0.05, 0) is 19.9 Å². The number of nitrogens with one attached hydrogen (secondary N) is 1. The lowest BCUT2D eigenvalue weighted by atomic mass is 10.3. The Labute approximate surface area is 104 Å². The van der Waals surface area contributed by atoms with Crippen molar-refractivity contribution in [2.75, 3.05) is 0 Å². The van der Waals surface area contributed by atoms with E-state index in [0.29, 0.717) is 17.4 Å². The number of hydrogen-bond donors (Lipinski definition) is 1. The second-order valence-corrected chi connectivity index (χ2v) is 4.16. The molecule has 0 aliphatic carbocycles. The molecule has 2 rings (SSSR count). The van der Waals surface area contributed by atoms with E-state index in [1.54, 1.807) is 31.6 Å². The van der Waals surface area contributed by atoms with Gasteiger partial charge < -0.3 is 9.84 Å². The Kier molecular flexibility index (Phi) is 3.14. The fourth-order valence-electron chi connectivity index (χ4n) is 1.65. The molecule has 7 nitrogen and oxygen atoms in total. The van der Waals surface area contributed by atoms with Crippen LogP contribution in [-0.2, 0) is 7.05 Å². The van der Waals surface area contributed by atoms with Crippen LogP contribution in [0.4, 0.5) is 0 Å². The zero-order valence-corrected chi connectivity index (χ0v) is 10.8. The molecule has 0 aliphatic rings.